The van der Waals surface area contributed by atoms with Crippen LogP contribution in [-0.2, 0) is 6.54 Å². The first-order valence-electron chi connectivity index (χ1n) is 7.47. The van der Waals surface area contributed by atoms with Crippen LogP contribution in [0.1, 0.15) is 45.6 Å². The van der Waals surface area contributed by atoms with Crippen molar-refractivity contribution < 1.29 is 0 Å². The molecule has 0 aliphatic carbocycles. The molecule has 0 spiro atoms. The minimum absolute atomic E-state index is 0.951. The highest BCUT2D eigenvalue weighted by Crippen LogP contribution is 2.25. The van der Waals surface area contributed by atoms with Crippen molar-refractivity contribution in [2.24, 2.45) is 0 Å². The molecule has 0 aromatic heterocycles. The number of hydrogen-bond acceptors (Lipinski definition) is 2. The molecule has 0 saturated heterocycles. The van der Waals surface area contributed by atoms with Crippen LogP contribution in [0, 0.1) is 0 Å². The number of anilines is 1. The molecule has 0 atom stereocenters. The first-order chi connectivity index (χ1) is 9.22. The summed E-state index contributed by atoms with van der Waals surface area (Å²) in [4.78, 5) is 2.51. The zero-order chi connectivity index (χ0) is 14.1. The van der Waals surface area contributed by atoms with Crippen LogP contribution in [0.25, 0.3) is 0 Å². The van der Waals surface area contributed by atoms with Crippen molar-refractivity contribution in [2.75, 3.05) is 24.5 Å². The van der Waals surface area contributed by atoms with Crippen molar-refractivity contribution in [2.45, 2.75) is 46.6 Å². The van der Waals surface area contributed by atoms with Crippen LogP contribution in [0.2, 0.25) is 0 Å². The minimum Gasteiger partial charge on any atom is -0.371 e. The van der Waals surface area contributed by atoms with E-state index in [0.717, 1.165) is 30.7 Å². The zero-order valence-electron chi connectivity index (χ0n) is 12.5. The molecule has 1 aromatic carbocycles. The molecule has 0 bridgehead atoms. The molecule has 108 valence electrons. The molecule has 0 unspecified atom stereocenters. The van der Waals surface area contributed by atoms with Crippen molar-refractivity contribution in [1.82, 2.24) is 5.32 Å². The van der Waals surface area contributed by atoms with Gasteiger partial charge in [-0.3, -0.25) is 0 Å². The molecule has 0 amide bonds. The van der Waals surface area contributed by atoms with Gasteiger partial charge in [-0.2, -0.15) is 0 Å². The third-order valence-electron chi connectivity index (χ3n) is 3.11. The first kappa shape index (κ1) is 16.5. The van der Waals surface area contributed by atoms with E-state index in [9.17, 15) is 0 Å². The van der Waals surface area contributed by atoms with Gasteiger partial charge in [-0.25, -0.2) is 0 Å². The molecular weight excluding hydrogens is 300 g/mol. The molecule has 0 heterocycles. The lowest BCUT2D eigenvalue weighted by molar-refractivity contribution is 0.668. The van der Waals surface area contributed by atoms with Crippen molar-refractivity contribution in [3.05, 3.63) is 28.2 Å². The SMILES string of the molecule is CCCNCc1cc(Br)ccc1N(CCC)CCC. The van der Waals surface area contributed by atoms with E-state index in [2.05, 4.69) is 65.1 Å². The second-order valence-corrected chi connectivity index (χ2v) is 5.85. The third-order valence-corrected chi connectivity index (χ3v) is 3.60. The van der Waals surface area contributed by atoms with Gasteiger partial charge in [0, 0.05) is 29.8 Å². The van der Waals surface area contributed by atoms with Gasteiger partial charge in [0.05, 0.1) is 0 Å². The van der Waals surface area contributed by atoms with Gasteiger partial charge < -0.3 is 10.2 Å². The van der Waals surface area contributed by atoms with E-state index in [1.807, 2.05) is 0 Å². The van der Waals surface area contributed by atoms with Crippen LogP contribution in [0.4, 0.5) is 5.69 Å². The Morgan fingerprint density at radius 2 is 1.74 bits per heavy atom. The Balaban J connectivity index is 2.88. The number of nitrogens with one attached hydrogen (secondary N) is 1. The van der Waals surface area contributed by atoms with Crippen molar-refractivity contribution in [3.8, 4) is 0 Å². The number of rotatable bonds is 9. The quantitative estimate of drug-likeness (QED) is 0.668. The van der Waals surface area contributed by atoms with Crippen LogP contribution in [0.3, 0.4) is 0 Å². The van der Waals surface area contributed by atoms with Crippen LogP contribution < -0.4 is 10.2 Å². The van der Waals surface area contributed by atoms with Gasteiger partial charge in [-0.15, -0.1) is 0 Å². The summed E-state index contributed by atoms with van der Waals surface area (Å²) in [5.74, 6) is 0. The topological polar surface area (TPSA) is 15.3 Å². The van der Waals surface area contributed by atoms with E-state index in [1.165, 1.54) is 30.5 Å². The Hall–Kier alpha value is -0.540. The van der Waals surface area contributed by atoms with E-state index in [0.29, 0.717) is 0 Å². The molecule has 0 fully saturated rings. The highest BCUT2D eigenvalue weighted by Gasteiger charge is 2.10. The number of hydrogen-bond donors (Lipinski definition) is 1. The molecule has 0 aliphatic rings. The van der Waals surface area contributed by atoms with Crippen LogP contribution in [0.5, 0.6) is 0 Å². The van der Waals surface area contributed by atoms with Gasteiger partial charge in [0.25, 0.3) is 0 Å². The third kappa shape index (κ3) is 5.53. The van der Waals surface area contributed by atoms with Gasteiger partial charge in [0.1, 0.15) is 0 Å². The van der Waals surface area contributed by atoms with E-state index >= 15 is 0 Å². The van der Waals surface area contributed by atoms with Crippen molar-refractivity contribution in [1.29, 1.82) is 0 Å². The summed E-state index contributed by atoms with van der Waals surface area (Å²) in [6, 6.07) is 6.64. The number of halogens is 1. The Kier molecular flexibility index (Phi) is 8.15. The van der Waals surface area contributed by atoms with E-state index < -0.39 is 0 Å². The lowest BCUT2D eigenvalue weighted by Crippen LogP contribution is -2.27. The summed E-state index contributed by atoms with van der Waals surface area (Å²) in [5, 5.41) is 3.51. The normalized spacial score (nSPS) is 10.7. The molecule has 1 N–H and O–H groups in total. The smallest absolute Gasteiger partial charge is 0.0412 e. The van der Waals surface area contributed by atoms with Gasteiger partial charge in [-0.1, -0.05) is 36.7 Å². The molecule has 0 aliphatic heterocycles. The summed E-state index contributed by atoms with van der Waals surface area (Å²) < 4.78 is 1.16. The second kappa shape index (κ2) is 9.38. The van der Waals surface area contributed by atoms with Crippen LogP contribution in [-0.4, -0.2) is 19.6 Å². The number of nitrogens with zero attached hydrogens (tertiary/aromatic N) is 1. The van der Waals surface area contributed by atoms with Gasteiger partial charge >= 0.3 is 0 Å². The lowest BCUT2D eigenvalue weighted by Gasteiger charge is -2.26. The molecule has 1 aromatic rings. The molecule has 1 rings (SSSR count). The van der Waals surface area contributed by atoms with Crippen molar-refractivity contribution in [3.63, 3.8) is 0 Å². The monoisotopic (exact) mass is 326 g/mol. The molecule has 19 heavy (non-hydrogen) atoms. The summed E-state index contributed by atoms with van der Waals surface area (Å²) in [5.41, 5.74) is 2.78. The van der Waals surface area contributed by atoms with Crippen LogP contribution in [0.15, 0.2) is 22.7 Å². The Morgan fingerprint density at radius 3 is 2.32 bits per heavy atom. The Labute approximate surface area is 126 Å². The summed E-state index contributed by atoms with van der Waals surface area (Å²) in [7, 11) is 0. The summed E-state index contributed by atoms with van der Waals surface area (Å²) in [6.07, 6.45) is 3.56. The maximum atomic E-state index is 3.59. The lowest BCUT2D eigenvalue weighted by atomic mass is 10.1. The van der Waals surface area contributed by atoms with Gasteiger partial charge in [0.2, 0.25) is 0 Å². The number of benzene rings is 1. The highest BCUT2D eigenvalue weighted by atomic mass is 79.9. The predicted molar refractivity (Wildman–Crippen MR) is 88.9 cm³/mol. The minimum atomic E-state index is 0.951. The highest BCUT2D eigenvalue weighted by molar-refractivity contribution is 9.10. The summed E-state index contributed by atoms with van der Waals surface area (Å²) >= 11 is 3.59. The van der Waals surface area contributed by atoms with E-state index in [-0.39, 0.29) is 0 Å². The average Bonchev–Trinajstić information content (AvgIpc) is 2.39. The fraction of sp³-hybridized carbons (Fsp3) is 0.625. The van der Waals surface area contributed by atoms with Crippen LogP contribution >= 0.6 is 15.9 Å². The van der Waals surface area contributed by atoms with Gasteiger partial charge in [-0.05, 0) is 49.6 Å². The first-order valence-corrected chi connectivity index (χ1v) is 8.26. The maximum Gasteiger partial charge on any atom is 0.0412 e. The molecular formula is C16H27BrN2. The molecule has 0 saturated carbocycles. The zero-order valence-corrected chi connectivity index (χ0v) is 14.1. The second-order valence-electron chi connectivity index (χ2n) is 4.94. The van der Waals surface area contributed by atoms with Gasteiger partial charge in [0.15, 0.2) is 0 Å². The Bertz CT molecular complexity index is 360. The fourth-order valence-electron chi connectivity index (χ4n) is 2.30. The van der Waals surface area contributed by atoms with Crippen molar-refractivity contribution >= 4 is 21.6 Å². The standard InChI is InChI=1S/C16H27BrN2/c1-4-9-18-13-14-12-15(17)7-8-16(14)19(10-5-2)11-6-3/h7-8,12,18H,4-6,9-11,13H2,1-3H3. The fourth-order valence-corrected chi connectivity index (χ4v) is 2.71. The van der Waals surface area contributed by atoms with E-state index in [1.54, 1.807) is 0 Å². The molecule has 2 nitrogen and oxygen atoms in total. The largest absolute Gasteiger partial charge is 0.371 e. The predicted octanol–water partition coefficient (Wildman–Crippen LogP) is 4.58. The maximum absolute atomic E-state index is 3.59. The Morgan fingerprint density at radius 1 is 1.05 bits per heavy atom. The summed E-state index contributed by atoms with van der Waals surface area (Å²) in [6.45, 7) is 11.0. The molecule has 3 heteroatoms. The average molecular weight is 327 g/mol. The van der Waals surface area contributed by atoms with E-state index in [4.69, 9.17) is 0 Å². The molecule has 0 radical (unpaired) electrons.